The summed E-state index contributed by atoms with van der Waals surface area (Å²) in [6.45, 7) is 0.913. The number of hydrogen-bond donors (Lipinski definition) is 2. The van der Waals surface area contributed by atoms with Gasteiger partial charge < -0.3 is 11.1 Å². The van der Waals surface area contributed by atoms with E-state index < -0.39 is 0 Å². The van der Waals surface area contributed by atoms with Gasteiger partial charge in [-0.3, -0.25) is 4.99 Å². The van der Waals surface area contributed by atoms with Crippen LogP contribution in [0.1, 0.15) is 57.8 Å². The highest BCUT2D eigenvalue weighted by atomic mass is 15.1. The van der Waals surface area contributed by atoms with E-state index in [1.165, 1.54) is 57.8 Å². The van der Waals surface area contributed by atoms with Crippen LogP contribution in [0, 0.1) is 5.92 Å². The van der Waals surface area contributed by atoms with Crippen molar-refractivity contribution in [3.05, 3.63) is 0 Å². The Morgan fingerprint density at radius 3 is 2.44 bits per heavy atom. The van der Waals surface area contributed by atoms with Gasteiger partial charge in [-0.1, -0.05) is 38.5 Å². The summed E-state index contributed by atoms with van der Waals surface area (Å²) in [6, 6.07) is 0.584. The molecule has 0 aromatic heterocycles. The van der Waals surface area contributed by atoms with Crippen LogP contribution < -0.4 is 11.1 Å². The first-order chi connectivity index (χ1) is 7.84. The van der Waals surface area contributed by atoms with Crippen LogP contribution in [0.25, 0.3) is 0 Å². The van der Waals surface area contributed by atoms with Crippen LogP contribution in [-0.2, 0) is 0 Å². The Morgan fingerprint density at radius 2 is 1.81 bits per heavy atom. The van der Waals surface area contributed by atoms with Gasteiger partial charge in [0.25, 0.3) is 0 Å². The number of hydrogen-bond acceptors (Lipinski definition) is 1. The molecule has 92 valence electrons. The minimum Gasteiger partial charge on any atom is -0.370 e. The lowest BCUT2D eigenvalue weighted by Crippen LogP contribution is -2.41. The lowest BCUT2D eigenvalue weighted by Gasteiger charge is -2.25. The smallest absolute Gasteiger partial charge is 0.188 e. The van der Waals surface area contributed by atoms with E-state index in [1.807, 2.05) is 0 Å². The predicted molar refractivity (Wildman–Crippen MR) is 68.5 cm³/mol. The molecule has 2 aliphatic carbocycles. The third-order valence-corrected chi connectivity index (χ3v) is 4.00. The van der Waals surface area contributed by atoms with Crippen LogP contribution in [0.5, 0.6) is 0 Å². The molecule has 3 heteroatoms. The Balaban J connectivity index is 1.61. The summed E-state index contributed by atoms with van der Waals surface area (Å²) in [6.07, 6.45) is 12.1. The van der Waals surface area contributed by atoms with Crippen LogP contribution in [0.15, 0.2) is 4.99 Å². The summed E-state index contributed by atoms with van der Waals surface area (Å²) in [4.78, 5) is 4.42. The molecule has 0 heterocycles. The summed E-state index contributed by atoms with van der Waals surface area (Å²) in [5.41, 5.74) is 5.89. The van der Waals surface area contributed by atoms with Crippen molar-refractivity contribution in [2.75, 3.05) is 6.54 Å². The lowest BCUT2D eigenvalue weighted by atomic mass is 9.83. The molecule has 3 nitrogen and oxygen atoms in total. The number of guanidine groups is 1. The van der Waals surface area contributed by atoms with Gasteiger partial charge in [0.05, 0.1) is 0 Å². The molecule has 0 aliphatic heterocycles. The first-order valence-electron chi connectivity index (χ1n) is 6.91. The predicted octanol–water partition coefficient (Wildman–Crippen LogP) is 2.41. The van der Waals surface area contributed by atoms with Crippen molar-refractivity contribution in [1.82, 2.24) is 5.32 Å². The van der Waals surface area contributed by atoms with E-state index in [2.05, 4.69) is 10.3 Å². The van der Waals surface area contributed by atoms with Crippen molar-refractivity contribution < 1.29 is 0 Å². The van der Waals surface area contributed by atoms with Gasteiger partial charge in [0.1, 0.15) is 0 Å². The second kappa shape index (κ2) is 6.12. The summed E-state index contributed by atoms with van der Waals surface area (Å²) in [5.74, 6) is 1.61. The van der Waals surface area contributed by atoms with Crippen LogP contribution >= 0.6 is 0 Å². The molecule has 0 spiro atoms. The number of nitrogens with zero attached hydrogens (tertiary/aromatic N) is 1. The maximum atomic E-state index is 5.89. The topological polar surface area (TPSA) is 50.4 Å². The molecule has 0 bridgehead atoms. The number of nitrogens with two attached hydrogens (primary N) is 1. The van der Waals surface area contributed by atoms with Gasteiger partial charge in [0.2, 0.25) is 0 Å². The third-order valence-electron chi connectivity index (χ3n) is 4.00. The van der Waals surface area contributed by atoms with E-state index in [-0.39, 0.29) is 0 Å². The highest BCUT2D eigenvalue weighted by molar-refractivity contribution is 5.78. The molecule has 2 rings (SSSR count). The molecule has 0 aromatic carbocycles. The normalized spacial score (nSPS) is 24.1. The molecule has 0 unspecified atom stereocenters. The van der Waals surface area contributed by atoms with Crippen molar-refractivity contribution in [3.63, 3.8) is 0 Å². The Morgan fingerprint density at radius 1 is 1.06 bits per heavy atom. The monoisotopic (exact) mass is 223 g/mol. The first-order valence-corrected chi connectivity index (χ1v) is 6.91. The molecule has 3 N–H and O–H groups in total. The van der Waals surface area contributed by atoms with E-state index in [0.29, 0.717) is 12.0 Å². The van der Waals surface area contributed by atoms with Gasteiger partial charge in [-0.15, -0.1) is 0 Å². The molecule has 16 heavy (non-hydrogen) atoms. The quantitative estimate of drug-likeness (QED) is 0.568. The molecule has 2 saturated carbocycles. The summed E-state index contributed by atoms with van der Waals surface area (Å²) >= 11 is 0. The minimum absolute atomic E-state index is 0.584. The highest BCUT2D eigenvalue weighted by Crippen LogP contribution is 2.29. The van der Waals surface area contributed by atoms with Crippen molar-refractivity contribution in [1.29, 1.82) is 0 Å². The Kier molecular flexibility index (Phi) is 4.49. The number of aliphatic imine (C=N–C) groups is 1. The fraction of sp³-hybridized carbons (Fsp3) is 0.923. The minimum atomic E-state index is 0.584. The molecule has 0 radical (unpaired) electrons. The molecule has 2 fully saturated rings. The second-order valence-corrected chi connectivity index (χ2v) is 5.33. The average molecular weight is 223 g/mol. The molecule has 2 aliphatic rings. The van der Waals surface area contributed by atoms with Crippen molar-refractivity contribution in [2.24, 2.45) is 16.6 Å². The molecular formula is C13H25N3. The maximum absolute atomic E-state index is 5.89. The zero-order chi connectivity index (χ0) is 11.2. The van der Waals surface area contributed by atoms with Gasteiger partial charge in [0.15, 0.2) is 5.96 Å². The standard InChI is InChI=1S/C13H25N3/c14-13(15-10-9-11-5-4-6-11)16-12-7-2-1-3-8-12/h11-12H,1-10H2,(H3,14,15,16). The largest absolute Gasteiger partial charge is 0.370 e. The summed E-state index contributed by atoms with van der Waals surface area (Å²) < 4.78 is 0. The first kappa shape index (κ1) is 11.7. The molecule has 0 atom stereocenters. The molecule has 0 aromatic rings. The molecule has 0 saturated heterocycles. The van der Waals surface area contributed by atoms with E-state index in [4.69, 9.17) is 5.73 Å². The van der Waals surface area contributed by atoms with Crippen molar-refractivity contribution in [2.45, 2.75) is 63.8 Å². The summed E-state index contributed by atoms with van der Waals surface area (Å²) in [7, 11) is 0. The Hall–Kier alpha value is -0.730. The fourth-order valence-corrected chi connectivity index (χ4v) is 2.65. The van der Waals surface area contributed by atoms with Gasteiger partial charge in [-0.25, -0.2) is 0 Å². The van der Waals surface area contributed by atoms with Gasteiger partial charge in [-0.2, -0.15) is 0 Å². The van der Waals surface area contributed by atoms with Crippen molar-refractivity contribution in [3.8, 4) is 0 Å². The van der Waals surface area contributed by atoms with Crippen LogP contribution in [-0.4, -0.2) is 18.5 Å². The second-order valence-electron chi connectivity index (χ2n) is 5.33. The maximum Gasteiger partial charge on any atom is 0.188 e. The van der Waals surface area contributed by atoms with Gasteiger partial charge in [0, 0.05) is 12.6 Å². The lowest BCUT2D eigenvalue weighted by molar-refractivity contribution is 0.300. The van der Waals surface area contributed by atoms with Crippen LogP contribution in [0.3, 0.4) is 0 Å². The van der Waals surface area contributed by atoms with E-state index in [0.717, 1.165) is 12.5 Å². The van der Waals surface area contributed by atoms with E-state index >= 15 is 0 Å². The van der Waals surface area contributed by atoms with Crippen LogP contribution in [0.4, 0.5) is 0 Å². The molecular weight excluding hydrogens is 198 g/mol. The Bertz CT molecular complexity index is 227. The van der Waals surface area contributed by atoms with Gasteiger partial charge >= 0.3 is 0 Å². The van der Waals surface area contributed by atoms with E-state index in [9.17, 15) is 0 Å². The number of nitrogens with one attached hydrogen (secondary N) is 1. The zero-order valence-electron chi connectivity index (χ0n) is 10.3. The average Bonchev–Trinajstić information content (AvgIpc) is 2.23. The fourth-order valence-electron chi connectivity index (χ4n) is 2.65. The zero-order valence-corrected chi connectivity index (χ0v) is 10.3. The SMILES string of the molecule is NC(=NCCC1CCC1)NC1CCCCC1. The summed E-state index contributed by atoms with van der Waals surface area (Å²) in [5, 5.41) is 3.36. The third kappa shape index (κ3) is 3.69. The van der Waals surface area contributed by atoms with Crippen LogP contribution in [0.2, 0.25) is 0 Å². The Labute approximate surface area is 98.9 Å². The number of rotatable bonds is 4. The highest BCUT2D eigenvalue weighted by Gasteiger charge is 2.16. The van der Waals surface area contributed by atoms with E-state index in [1.54, 1.807) is 0 Å². The van der Waals surface area contributed by atoms with Gasteiger partial charge in [-0.05, 0) is 25.2 Å². The molecule has 0 amide bonds. The van der Waals surface area contributed by atoms with Crippen molar-refractivity contribution >= 4 is 5.96 Å².